The zero-order valence-electron chi connectivity index (χ0n) is 18.0. The minimum Gasteiger partial charge on any atom is -0.508 e. The van der Waals surface area contributed by atoms with Crippen LogP contribution in [0.5, 0.6) is 5.75 Å². The van der Waals surface area contributed by atoms with Crippen molar-refractivity contribution in [3.63, 3.8) is 0 Å². The number of carbonyl (C=O) groups is 1. The molecule has 1 aromatic heterocycles. The third kappa shape index (κ3) is 4.96. The van der Waals surface area contributed by atoms with Crippen LogP contribution in [0.25, 0.3) is 10.9 Å². The van der Waals surface area contributed by atoms with Crippen LogP contribution in [0.3, 0.4) is 0 Å². The Morgan fingerprint density at radius 3 is 2.27 bits per heavy atom. The maximum Gasteiger partial charge on any atom is 0.309 e. The Hall–Kier alpha value is -2.11. The van der Waals surface area contributed by atoms with Crippen LogP contribution in [0.15, 0.2) is 47.4 Å². The normalized spacial score (nSPS) is 12.5. The molecule has 0 aliphatic carbocycles. The minimum atomic E-state index is -0.929. The highest BCUT2D eigenvalue weighted by Crippen LogP contribution is 2.44. The van der Waals surface area contributed by atoms with E-state index in [1.54, 1.807) is 37.7 Å². The van der Waals surface area contributed by atoms with Crippen molar-refractivity contribution in [2.45, 2.75) is 57.2 Å². The molecule has 2 N–H and O–H groups in total. The van der Waals surface area contributed by atoms with Crippen LogP contribution in [0.4, 0.5) is 0 Å². The molecule has 2 aromatic carbocycles. The Bertz CT molecular complexity index is 1080. The zero-order valence-corrected chi connectivity index (χ0v) is 19.6. The van der Waals surface area contributed by atoms with Crippen molar-refractivity contribution < 1.29 is 15.0 Å². The van der Waals surface area contributed by atoms with Crippen LogP contribution in [0, 0.1) is 5.41 Å². The van der Waals surface area contributed by atoms with Gasteiger partial charge < -0.3 is 14.8 Å². The largest absolute Gasteiger partial charge is 0.508 e. The number of aromatic hydroxyl groups is 1. The summed E-state index contributed by atoms with van der Waals surface area (Å²) < 4.78 is 2.10. The summed E-state index contributed by atoms with van der Waals surface area (Å²) in [5, 5.41) is 21.6. The predicted octanol–water partition coefficient (Wildman–Crippen LogP) is 6.59. The Kier molecular flexibility index (Phi) is 6.17. The molecule has 4 nitrogen and oxygen atoms in total. The molecule has 0 aliphatic rings. The summed E-state index contributed by atoms with van der Waals surface area (Å²) in [4.78, 5) is 13.0. The number of hydrogen-bond donors (Lipinski definition) is 2. The molecular weight excluding hydrogens is 418 g/mol. The van der Waals surface area contributed by atoms with Gasteiger partial charge >= 0.3 is 5.97 Å². The van der Waals surface area contributed by atoms with Gasteiger partial charge in [-0.1, -0.05) is 44.5 Å². The topological polar surface area (TPSA) is 62.5 Å². The molecular formula is C24H28ClNO3S. The van der Waals surface area contributed by atoms with Gasteiger partial charge in [-0.15, -0.1) is 11.8 Å². The molecule has 0 bridgehead atoms. The molecule has 0 fully saturated rings. The second-order valence-corrected chi connectivity index (χ2v) is 11.5. The van der Waals surface area contributed by atoms with Crippen molar-refractivity contribution in [2.24, 2.45) is 5.41 Å². The third-order valence-corrected chi connectivity index (χ3v) is 6.48. The van der Waals surface area contributed by atoms with Crippen LogP contribution >= 0.6 is 23.4 Å². The molecule has 0 saturated carbocycles. The van der Waals surface area contributed by atoms with Gasteiger partial charge in [-0.2, -0.15) is 0 Å². The maximum absolute atomic E-state index is 11.9. The van der Waals surface area contributed by atoms with Crippen LogP contribution in [-0.2, 0) is 17.8 Å². The monoisotopic (exact) mass is 445 g/mol. The first-order valence-corrected chi connectivity index (χ1v) is 11.1. The first kappa shape index (κ1) is 22.6. The van der Waals surface area contributed by atoms with Gasteiger partial charge in [0.25, 0.3) is 0 Å². The quantitative estimate of drug-likeness (QED) is 0.420. The van der Waals surface area contributed by atoms with Gasteiger partial charge in [0.15, 0.2) is 0 Å². The highest BCUT2D eigenvalue weighted by molar-refractivity contribution is 8.00. The second-order valence-electron chi connectivity index (χ2n) is 9.27. The van der Waals surface area contributed by atoms with Crippen molar-refractivity contribution in [2.75, 3.05) is 0 Å². The van der Waals surface area contributed by atoms with E-state index in [4.69, 9.17) is 11.6 Å². The molecule has 0 atom stereocenters. The summed E-state index contributed by atoms with van der Waals surface area (Å²) in [6.45, 7) is 10.5. The molecule has 6 heteroatoms. The summed E-state index contributed by atoms with van der Waals surface area (Å²) in [6.07, 6.45) is 0.379. The van der Waals surface area contributed by atoms with Crippen LogP contribution in [-0.4, -0.2) is 25.5 Å². The predicted molar refractivity (Wildman–Crippen MR) is 125 cm³/mol. The number of carboxylic acid groups (broad SMARTS) is 1. The van der Waals surface area contributed by atoms with Gasteiger partial charge in [0, 0.05) is 44.2 Å². The fourth-order valence-electron chi connectivity index (χ4n) is 3.41. The Morgan fingerprint density at radius 1 is 1.07 bits per heavy atom. The van der Waals surface area contributed by atoms with Crippen molar-refractivity contribution in [3.05, 3.63) is 58.7 Å². The molecule has 0 unspecified atom stereocenters. The Morgan fingerprint density at radius 2 is 1.70 bits per heavy atom. The maximum atomic E-state index is 11.9. The smallest absolute Gasteiger partial charge is 0.309 e. The number of benzene rings is 2. The van der Waals surface area contributed by atoms with E-state index in [2.05, 4.69) is 25.3 Å². The van der Waals surface area contributed by atoms with E-state index in [0.717, 1.165) is 27.1 Å². The molecule has 0 saturated heterocycles. The number of nitrogens with zero attached hydrogens (tertiary/aromatic N) is 1. The number of fused-ring (bicyclic) bond motifs is 1. The van der Waals surface area contributed by atoms with E-state index in [-0.39, 0.29) is 10.5 Å². The number of phenolic OH excluding ortho intramolecular Hbond substituents is 1. The Balaban J connectivity index is 2.26. The summed E-state index contributed by atoms with van der Waals surface area (Å²) in [7, 11) is 0. The third-order valence-electron chi connectivity index (χ3n) is 4.95. The van der Waals surface area contributed by atoms with E-state index < -0.39 is 11.4 Å². The average molecular weight is 446 g/mol. The lowest BCUT2D eigenvalue weighted by atomic mass is 9.88. The standard InChI is InChI=1S/C24H28ClNO3S/c1-23(2,3)30-21-18-12-17(27)10-11-19(18)26(14-15-6-8-16(25)9-7-15)20(21)13-24(4,5)22(28)29/h6-12,27H,13-14H2,1-5H3,(H,28,29). The number of aromatic nitrogens is 1. The molecule has 3 aromatic rings. The molecule has 0 radical (unpaired) electrons. The molecule has 0 aliphatic heterocycles. The number of thioether (sulfide) groups is 1. The van der Waals surface area contributed by atoms with E-state index >= 15 is 0 Å². The number of carboxylic acids is 1. The Labute approximate surface area is 186 Å². The summed E-state index contributed by atoms with van der Waals surface area (Å²) in [5.74, 6) is -0.633. The number of aliphatic carboxylic acids is 1. The zero-order chi connectivity index (χ0) is 22.3. The highest BCUT2D eigenvalue weighted by Gasteiger charge is 2.32. The SMILES string of the molecule is CC(C)(C)Sc1c(CC(C)(C)C(=O)O)n(Cc2ccc(Cl)cc2)c2ccc(O)cc12. The van der Waals surface area contributed by atoms with Gasteiger partial charge in [-0.25, -0.2) is 0 Å². The summed E-state index contributed by atoms with van der Waals surface area (Å²) >= 11 is 7.76. The summed E-state index contributed by atoms with van der Waals surface area (Å²) in [5.41, 5.74) is 2.09. The lowest BCUT2D eigenvalue weighted by Gasteiger charge is -2.24. The first-order valence-electron chi connectivity index (χ1n) is 9.88. The molecule has 160 valence electrons. The van der Waals surface area contributed by atoms with Gasteiger partial charge in [0.2, 0.25) is 0 Å². The average Bonchev–Trinajstić information content (AvgIpc) is 2.88. The molecule has 3 rings (SSSR count). The molecule has 30 heavy (non-hydrogen) atoms. The highest BCUT2D eigenvalue weighted by atomic mass is 35.5. The van der Waals surface area contributed by atoms with E-state index in [1.807, 2.05) is 30.3 Å². The van der Waals surface area contributed by atoms with Crippen LogP contribution in [0.2, 0.25) is 5.02 Å². The van der Waals surface area contributed by atoms with Crippen molar-refractivity contribution in [1.82, 2.24) is 4.57 Å². The number of hydrogen-bond acceptors (Lipinski definition) is 3. The van der Waals surface area contributed by atoms with E-state index in [9.17, 15) is 15.0 Å². The van der Waals surface area contributed by atoms with Crippen molar-refractivity contribution in [3.8, 4) is 5.75 Å². The van der Waals surface area contributed by atoms with Crippen LogP contribution in [0.1, 0.15) is 45.9 Å². The lowest BCUT2D eigenvalue weighted by Crippen LogP contribution is -2.28. The molecule has 0 amide bonds. The minimum absolute atomic E-state index is 0.0764. The van der Waals surface area contributed by atoms with E-state index in [0.29, 0.717) is 18.0 Å². The van der Waals surface area contributed by atoms with Gasteiger partial charge in [0.05, 0.1) is 5.41 Å². The fourth-order valence-corrected chi connectivity index (χ4v) is 4.72. The van der Waals surface area contributed by atoms with Gasteiger partial charge in [0.1, 0.15) is 5.75 Å². The molecule has 0 spiro atoms. The lowest BCUT2D eigenvalue weighted by molar-refractivity contribution is -0.146. The number of phenols is 1. The second kappa shape index (κ2) is 8.20. The first-order chi connectivity index (χ1) is 13.9. The molecule has 1 heterocycles. The van der Waals surface area contributed by atoms with Gasteiger partial charge in [-0.05, 0) is 49.7 Å². The number of halogens is 1. The summed E-state index contributed by atoms with van der Waals surface area (Å²) in [6, 6.07) is 13.1. The van der Waals surface area contributed by atoms with Gasteiger partial charge in [-0.3, -0.25) is 4.79 Å². The fraction of sp³-hybridized carbons (Fsp3) is 0.375. The number of rotatable bonds is 6. The van der Waals surface area contributed by atoms with Crippen molar-refractivity contribution in [1.29, 1.82) is 0 Å². The van der Waals surface area contributed by atoms with Crippen molar-refractivity contribution >= 4 is 40.2 Å². The van der Waals surface area contributed by atoms with E-state index in [1.165, 1.54) is 0 Å². The van der Waals surface area contributed by atoms with Crippen LogP contribution < -0.4 is 0 Å².